The highest BCUT2D eigenvalue weighted by atomic mass is 35.5. The molecule has 2 aromatic rings. The molecule has 0 saturated heterocycles. The van der Waals surface area contributed by atoms with Crippen molar-refractivity contribution in [3.05, 3.63) is 53.6 Å². The van der Waals surface area contributed by atoms with Gasteiger partial charge in [0.2, 0.25) is 0 Å². The van der Waals surface area contributed by atoms with Gasteiger partial charge in [-0.2, -0.15) is 0 Å². The molecule has 16 heavy (non-hydrogen) atoms. The number of hydrogen-bond donors (Lipinski definition) is 0. The molecule has 0 amide bonds. The fourth-order valence-corrected chi connectivity index (χ4v) is 1.74. The van der Waals surface area contributed by atoms with Gasteiger partial charge in [0.1, 0.15) is 17.5 Å². The second-order valence-corrected chi connectivity index (χ2v) is 3.65. The third-order valence-corrected chi connectivity index (χ3v) is 2.44. The lowest BCUT2D eigenvalue weighted by Gasteiger charge is -2.06. The maximum atomic E-state index is 12.9. The lowest BCUT2D eigenvalue weighted by atomic mass is 10.2. The van der Waals surface area contributed by atoms with Crippen molar-refractivity contribution in [1.29, 1.82) is 0 Å². The van der Waals surface area contributed by atoms with Crippen molar-refractivity contribution < 1.29 is 8.78 Å². The third-order valence-electron chi connectivity index (χ3n) is 2.20. The molecule has 2 nitrogen and oxygen atoms in total. The fraction of sp³-hybridized carbons (Fsp3) is 0.182. The van der Waals surface area contributed by atoms with Crippen LogP contribution in [-0.4, -0.2) is 9.55 Å². The molecule has 0 aliphatic carbocycles. The van der Waals surface area contributed by atoms with E-state index in [0.29, 0.717) is 17.9 Å². The van der Waals surface area contributed by atoms with E-state index in [1.807, 2.05) is 0 Å². The zero-order valence-electron chi connectivity index (χ0n) is 8.33. The molecule has 0 atom stereocenters. The zero-order chi connectivity index (χ0) is 11.5. The molecule has 0 N–H and O–H groups in total. The van der Waals surface area contributed by atoms with Crippen LogP contribution in [0.4, 0.5) is 8.78 Å². The number of halogens is 3. The quantitative estimate of drug-likeness (QED) is 0.757. The summed E-state index contributed by atoms with van der Waals surface area (Å²) >= 11 is 5.67. The van der Waals surface area contributed by atoms with Crippen LogP contribution < -0.4 is 0 Å². The Morgan fingerprint density at radius 2 is 1.88 bits per heavy atom. The molecular weight excluding hydrogens is 234 g/mol. The first kappa shape index (κ1) is 11.1. The van der Waals surface area contributed by atoms with Crippen LogP contribution in [0.3, 0.4) is 0 Å². The Kier molecular flexibility index (Phi) is 3.19. The number of alkyl halides is 1. The second kappa shape index (κ2) is 4.61. The highest BCUT2D eigenvalue weighted by Crippen LogP contribution is 2.11. The molecular formula is C11H9ClF2N2. The summed E-state index contributed by atoms with van der Waals surface area (Å²) in [5.41, 5.74) is 0.543. The summed E-state index contributed by atoms with van der Waals surface area (Å²) in [7, 11) is 0. The van der Waals surface area contributed by atoms with Crippen LogP contribution in [0.5, 0.6) is 0 Å². The standard InChI is InChI=1S/C11H9ClF2N2/c12-6-11-15-1-2-16(11)7-8-3-9(13)5-10(14)4-8/h1-5H,6-7H2. The van der Waals surface area contributed by atoms with Gasteiger partial charge in [-0.1, -0.05) is 0 Å². The topological polar surface area (TPSA) is 17.8 Å². The molecule has 0 radical (unpaired) electrons. The fourth-order valence-electron chi connectivity index (χ4n) is 1.51. The summed E-state index contributed by atoms with van der Waals surface area (Å²) in [5, 5.41) is 0. The van der Waals surface area contributed by atoms with Crippen LogP contribution in [0.15, 0.2) is 30.6 Å². The van der Waals surface area contributed by atoms with Crippen molar-refractivity contribution >= 4 is 11.6 Å². The van der Waals surface area contributed by atoms with Gasteiger partial charge in [-0.25, -0.2) is 13.8 Å². The number of aromatic nitrogens is 2. The Morgan fingerprint density at radius 1 is 1.19 bits per heavy atom. The van der Waals surface area contributed by atoms with Crippen LogP contribution in [-0.2, 0) is 12.4 Å². The Hall–Kier alpha value is -1.42. The van der Waals surface area contributed by atoms with E-state index in [2.05, 4.69) is 4.98 Å². The number of nitrogens with zero attached hydrogens (tertiary/aromatic N) is 2. The predicted molar refractivity (Wildman–Crippen MR) is 57.2 cm³/mol. The minimum absolute atomic E-state index is 0.269. The van der Waals surface area contributed by atoms with E-state index in [1.54, 1.807) is 17.0 Å². The molecule has 0 aliphatic heterocycles. The van der Waals surface area contributed by atoms with Crippen molar-refractivity contribution in [3.8, 4) is 0 Å². The Morgan fingerprint density at radius 3 is 2.50 bits per heavy atom. The highest BCUT2D eigenvalue weighted by Gasteiger charge is 2.04. The van der Waals surface area contributed by atoms with Gasteiger partial charge in [-0.3, -0.25) is 0 Å². The lowest BCUT2D eigenvalue weighted by molar-refractivity contribution is 0.577. The monoisotopic (exact) mass is 242 g/mol. The summed E-state index contributed by atoms with van der Waals surface area (Å²) in [6, 6.07) is 3.43. The van der Waals surface area contributed by atoms with E-state index in [4.69, 9.17) is 11.6 Å². The van der Waals surface area contributed by atoms with E-state index in [9.17, 15) is 8.78 Å². The first-order valence-electron chi connectivity index (χ1n) is 4.70. The van der Waals surface area contributed by atoms with Gasteiger partial charge in [0.25, 0.3) is 0 Å². The summed E-state index contributed by atoms with van der Waals surface area (Å²) < 4.78 is 27.6. The largest absolute Gasteiger partial charge is 0.330 e. The number of hydrogen-bond acceptors (Lipinski definition) is 1. The molecule has 5 heteroatoms. The van der Waals surface area contributed by atoms with Crippen molar-refractivity contribution in [3.63, 3.8) is 0 Å². The number of benzene rings is 1. The SMILES string of the molecule is Fc1cc(F)cc(Cn2ccnc2CCl)c1. The first-order chi connectivity index (χ1) is 7.69. The van der Waals surface area contributed by atoms with Crippen molar-refractivity contribution in [2.24, 2.45) is 0 Å². The van der Waals surface area contributed by atoms with Crippen molar-refractivity contribution in [2.45, 2.75) is 12.4 Å². The minimum atomic E-state index is -0.581. The van der Waals surface area contributed by atoms with Gasteiger partial charge in [0.15, 0.2) is 0 Å². The summed E-state index contributed by atoms with van der Waals surface area (Å²) in [6.45, 7) is 0.358. The maximum absolute atomic E-state index is 12.9. The molecule has 84 valence electrons. The van der Waals surface area contributed by atoms with Crippen LogP contribution >= 0.6 is 11.6 Å². The van der Waals surface area contributed by atoms with Crippen LogP contribution in [0.25, 0.3) is 0 Å². The molecule has 0 fully saturated rings. The average molecular weight is 243 g/mol. The van der Waals surface area contributed by atoms with Gasteiger partial charge < -0.3 is 4.57 Å². The summed E-state index contributed by atoms with van der Waals surface area (Å²) in [5.74, 6) is -0.221. The van der Waals surface area contributed by atoms with Crippen LogP contribution in [0, 0.1) is 11.6 Å². The summed E-state index contributed by atoms with van der Waals surface area (Å²) in [4.78, 5) is 4.02. The molecule has 0 saturated carbocycles. The number of rotatable bonds is 3. The van der Waals surface area contributed by atoms with Gasteiger partial charge >= 0.3 is 0 Å². The van der Waals surface area contributed by atoms with E-state index >= 15 is 0 Å². The van der Waals surface area contributed by atoms with Gasteiger partial charge in [-0.15, -0.1) is 11.6 Å². The average Bonchev–Trinajstić information content (AvgIpc) is 2.63. The molecule has 1 aromatic heterocycles. The normalized spacial score (nSPS) is 10.7. The van der Waals surface area contributed by atoms with Gasteiger partial charge in [0, 0.05) is 25.0 Å². The van der Waals surface area contributed by atoms with Crippen LogP contribution in [0.2, 0.25) is 0 Å². The molecule has 0 bridgehead atoms. The molecule has 0 aliphatic rings. The molecule has 1 heterocycles. The molecule has 1 aromatic carbocycles. The third kappa shape index (κ3) is 2.39. The zero-order valence-corrected chi connectivity index (χ0v) is 9.09. The second-order valence-electron chi connectivity index (χ2n) is 3.38. The Balaban J connectivity index is 2.26. The maximum Gasteiger partial charge on any atom is 0.126 e. The van der Waals surface area contributed by atoms with Crippen molar-refractivity contribution in [2.75, 3.05) is 0 Å². The van der Waals surface area contributed by atoms with Gasteiger partial charge in [0.05, 0.1) is 5.88 Å². The van der Waals surface area contributed by atoms with E-state index in [0.717, 1.165) is 6.07 Å². The lowest BCUT2D eigenvalue weighted by Crippen LogP contribution is -2.03. The van der Waals surface area contributed by atoms with E-state index < -0.39 is 11.6 Å². The highest BCUT2D eigenvalue weighted by molar-refractivity contribution is 6.16. The first-order valence-corrected chi connectivity index (χ1v) is 5.23. The van der Waals surface area contributed by atoms with Gasteiger partial charge in [-0.05, 0) is 17.7 Å². The van der Waals surface area contributed by atoms with E-state index in [1.165, 1.54) is 12.1 Å². The Labute approximate surface area is 96.5 Å². The number of imidazole rings is 1. The molecule has 2 rings (SSSR count). The molecule has 0 spiro atoms. The predicted octanol–water partition coefficient (Wildman–Crippen LogP) is 2.95. The smallest absolute Gasteiger partial charge is 0.126 e. The molecule has 0 unspecified atom stereocenters. The summed E-state index contributed by atoms with van der Waals surface area (Å²) in [6.07, 6.45) is 3.33. The van der Waals surface area contributed by atoms with E-state index in [-0.39, 0.29) is 5.88 Å². The minimum Gasteiger partial charge on any atom is -0.330 e. The van der Waals surface area contributed by atoms with Crippen LogP contribution in [0.1, 0.15) is 11.4 Å². The Bertz CT molecular complexity index is 476. The van der Waals surface area contributed by atoms with Crippen molar-refractivity contribution in [1.82, 2.24) is 9.55 Å².